The molecule has 2 N–H and O–H groups in total. The molecule has 1 aromatic rings. The summed E-state index contributed by atoms with van der Waals surface area (Å²) in [5, 5.41) is 5.77. The Morgan fingerprint density at radius 3 is 2.89 bits per heavy atom. The van der Waals surface area contributed by atoms with Crippen LogP contribution in [0.4, 0.5) is 5.69 Å². The Hall–Kier alpha value is -1.75. The Kier molecular flexibility index (Phi) is 3.72. The van der Waals surface area contributed by atoms with Crippen LogP contribution in [0.5, 0.6) is 5.75 Å². The number of hydrogen-bond donors (Lipinski definition) is 2. The summed E-state index contributed by atoms with van der Waals surface area (Å²) >= 11 is 5.95. The van der Waals surface area contributed by atoms with Crippen molar-refractivity contribution < 1.29 is 14.3 Å². The molecular weight excluding hydrogens is 256 g/mol. The van der Waals surface area contributed by atoms with E-state index in [1.54, 1.807) is 18.2 Å². The van der Waals surface area contributed by atoms with Gasteiger partial charge in [0.2, 0.25) is 11.8 Å². The lowest BCUT2D eigenvalue weighted by Crippen LogP contribution is -2.24. The van der Waals surface area contributed by atoms with E-state index in [1.165, 1.54) is 7.11 Å². The molecule has 0 saturated carbocycles. The maximum atomic E-state index is 11.8. The number of carbonyl (C=O) groups is 2. The van der Waals surface area contributed by atoms with Gasteiger partial charge in [0.05, 0.1) is 18.1 Å². The molecule has 1 saturated heterocycles. The van der Waals surface area contributed by atoms with Gasteiger partial charge in [-0.3, -0.25) is 9.59 Å². The van der Waals surface area contributed by atoms with Crippen LogP contribution < -0.4 is 15.4 Å². The molecule has 1 aliphatic rings. The predicted molar refractivity (Wildman–Crippen MR) is 67.8 cm³/mol. The topological polar surface area (TPSA) is 67.4 Å². The van der Waals surface area contributed by atoms with Crippen molar-refractivity contribution in [1.82, 2.24) is 5.32 Å². The van der Waals surface area contributed by atoms with Crippen molar-refractivity contribution in [2.45, 2.75) is 6.42 Å². The van der Waals surface area contributed by atoms with Crippen LogP contribution >= 0.6 is 11.6 Å². The van der Waals surface area contributed by atoms with Gasteiger partial charge >= 0.3 is 0 Å². The number of rotatable bonds is 3. The molecule has 96 valence electrons. The van der Waals surface area contributed by atoms with Crippen molar-refractivity contribution in [3.8, 4) is 5.75 Å². The number of methoxy groups -OCH3 is 1. The second-order valence-corrected chi connectivity index (χ2v) is 4.45. The van der Waals surface area contributed by atoms with Gasteiger partial charge in [-0.1, -0.05) is 11.6 Å². The Morgan fingerprint density at radius 2 is 2.33 bits per heavy atom. The van der Waals surface area contributed by atoms with Gasteiger partial charge in [0.1, 0.15) is 5.75 Å². The fraction of sp³-hybridized carbons (Fsp3) is 0.333. The summed E-state index contributed by atoms with van der Waals surface area (Å²) in [6.07, 6.45) is 0.232. The molecule has 1 fully saturated rings. The molecule has 0 aromatic heterocycles. The van der Waals surface area contributed by atoms with E-state index in [9.17, 15) is 9.59 Å². The number of hydrogen-bond acceptors (Lipinski definition) is 3. The van der Waals surface area contributed by atoms with Crippen LogP contribution in [0.2, 0.25) is 5.02 Å². The maximum Gasteiger partial charge on any atom is 0.229 e. The second-order valence-electron chi connectivity index (χ2n) is 4.04. The monoisotopic (exact) mass is 268 g/mol. The normalized spacial score (nSPS) is 18.3. The maximum absolute atomic E-state index is 11.8. The second kappa shape index (κ2) is 5.27. The molecule has 1 aromatic carbocycles. The SMILES string of the molecule is COc1ccc(NC(=O)C2CNC(=O)C2)cc1Cl. The van der Waals surface area contributed by atoms with E-state index in [-0.39, 0.29) is 24.2 Å². The lowest BCUT2D eigenvalue weighted by Gasteiger charge is -2.10. The number of ether oxygens (including phenoxy) is 1. The average Bonchev–Trinajstić information content (AvgIpc) is 2.76. The third-order valence-electron chi connectivity index (χ3n) is 2.77. The number of halogens is 1. The first-order valence-electron chi connectivity index (χ1n) is 5.51. The number of nitrogens with one attached hydrogen (secondary N) is 2. The van der Waals surface area contributed by atoms with Crippen LogP contribution in [0.3, 0.4) is 0 Å². The summed E-state index contributed by atoms with van der Waals surface area (Å²) in [4.78, 5) is 22.9. The van der Waals surface area contributed by atoms with Crippen LogP contribution in [-0.2, 0) is 9.59 Å². The van der Waals surface area contributed by atoms with E-state index in [4.69, 9.17) is 16.3 Å². The molecule has 1 atom stereocenters. The molecule has 5 nitrogen and oxygen atoms in total. The highest BCUT2D eigenvalue weighted by Gasteiger charge is 2.27. The lowest BCUT2D eigenvalue weighted by atomic mass is 10.1. The van der Waals surface area contributed by atoms with Crippen molar-refractivity contribution >= 4 is 29.1 Å². The Bertz CT molecular complexity index is 490. The van der Waals surface area contributed by atoms with E-state index in [0.717, 1.165) is 0 Å². The summed E-state index contributed by atoms with van der Waals surface area (Å²) in [6, 6.07) is 4.99. The molecule has 18 heavy (non-hydrogen) atoms. The molecule has 1 heterocycles. The number of anilines is 1. The lowest BCUT2D eigenvalue weighted by molar-refractivity contribution is -0.123. The van der Waals surface area contributed by atoms with Gasteiger partial charge in [-0.2, -0.15) is 0 Å². The van der Waals surface area contributed by atoms with E-state index in [2.05, 4.69) is 10.6 Å². The first kappa shape index (κ1) is 12.7. The molecule has 2 amide bonds. The molecule has 1 aliphatic heterocycles. The molecule has 0 spiro atoms. The summed E-state index contributed by atoms with van der Waals surface area (Å²) < 4.78 is 5.02. The largest absolute Gasteiger partial charge is 0.495 e. The highest BCUT2D eigenvalue weighted by atomic mass is 35.5. The van der Waals surface area contributed by atoms with Gasteiger partial charge in [0.15, 0.2) is 0 Å². The van der Waals surface area contributed by atoms with E-state index < -0.39 is 0 Å². The molecule has 0 aliphatic carbocycles. The van der Waals surface area contributed by atoms with Gasteiger partial charge in [0.25, 0.3) is 0 Å². The van der Waals surface area contributed by atoms with Gasteiger partial charge in [-0.05, 0) is 18.2 Å². The number of carbonyl (C=O) groups excluding carboxylic acids is 2. The first-order chi connectivity index (χ1) is 8.60. The molecule has 2 rings (SSSR count). The summed E-state index contributed by atoms with van der Waals surface area (Å²) in [5.41, 5.74) is 0.588. The van der Waals surface area contributed by atoms with Gasteiger partial charge < -0.3 is 15.4 Å². The van der Waals surface area contributed by atoms with Crippen LogP contribution in [0, 0.1) is 5.92 Å². The minimum absolute atomic E-state index is 0.0945. The highest BCUT2D eigenvalue weighted by molar-refractivity contribution is 6.32. The minimum Gasteiger partial charge on any atom is -0.495 e. The summed E-state index contributed by atoms with van der Waals surface area (Å²) in [5.74, 6) is -0.0525. The fourth-order valence-electron chi connectivity index (χ4n) is 1.78. The Balaban J connectivity index is 2.03. The number of amides is 2. The van der Waals surface area contributed by atoms with Crippen molar-refractivity contribution in [3.63, 3.8) is 0 Å². The molecule has 1 unspecified atom stereocenters. The van der Waals surface area contributed by atoms with Crippen LogP contribution in [0.15, 0.2) is 18.2 Å². The third-order valence-corrected chi connectivity index (χ3v) is 3.06. The molecule has 6 heteroatoms. The predicted octanol–water partition coefficient (Wildman–Crippen LogP) is 1.42. The Morgan fingerprint density at radius 1 is 1.56 bits per heavy atom. The zero-order valence-electron chi connectivity index (χ0n) is 9.83. The summed E-state index contributed by atoms with van der Waals surface area (Å²) in [6.45, 7) is 0.383. The van der Waals surface area contributed by atoms with Crippen LogP contribution in [-0.4, -0.2) is 25.5 Å². The van der Waals surface area contributed by atoms with Gasteiger partial charge in [-0.25, -0.2) is 0 Å². The third kappa shape index (κ3) is 2.73. The smallest absolute Gasteiger partial charge is 0.229 e. The van der Waals surface area contributed by atoms with E-state index >= 15 is 0 Å². The van der Waals surface area contributed by atoms with Gasteiger partial charge in [-0.15, -0.1) is 0 Å². The molecule has 0 bridgehead atoms. The average molecular weight is 269 g/mol. The van der Waals surface area contributed by atoms with Crippen LogP contribution in [0.1, 0.15) is 6.42 Å². The van der Waals surface area contributed by atoms with Crippen molar-refractivity contribution in [1.29, 1.82) is 0 Å². The van der Waals surface area contributed by atoms with E-state index in [1.807, 2.05) is 0 Å². The van der Waals surface area contributed by atoms with E-state index in [0.29, 0.717) is 23.0 Å². The first-order valence-corrected chi connectivity index (χ1v) is 5.89. The fourth-order valence-corrected chi connectivity index (χ4v) is 2.04. The summed E-state index contributed by atoms with van der Waals surface area (Å²) in [7, 11) is 1.52. The Labute approximate surface area is 109 Å². The van der Waals surface area contributed by atoms with Crippen molar-refractivity contribution in [2.24, 2.45) is 5.92 Å². The van der Waals surface area contributed by atoms with Crippen LogP contribution in [0.25, 0.3) is 0 Å². The van der Waals surface area contributed by atoms with Crippen molar-refractivity contribution in [2.75, 3.05) is 19.0 Å². The van der Waals surface area contributed by atoms with Gasteiger partial charge in [0, 0.05) is 18.7 Å². The minimum atomic E-state index is -0.321. The zero-order valence-corrected chi connectivity index (χ0v) is 10.6. The highest BCUT2D eigenvalue weighted by Crippen LogP contribution is 2.27. The molecule has 0 radical (unpaired) electrons. The number of benzene rings is 1. The quantitative estimate of drug-likeness (QED) is 0.871. The van der Waals surface area contributed by atoms with Crippen molar-refractivity contribution in [3.05, 3.63) is 23.2 Å². The zero-order chi connectivity index (χ0) is 13.1. The standard InChI is InChI=1S/C12H13ClN2O3/c1-18-10-3-2-8(5-9(10)13)15-12(17)7-4-11(16)14-6-7/h2-3,5,7H,4,6H2,1H3,(H,14,16)(H,15,17). The molecular formula is C12H13ClN2O3.